The van der Waals surface area contributed by atoms with Crippen LogP contribution in [0.1, 0.15) is 16.1 Å². The summed E-state index contributed by atoms with van der Waals surface area (Å²) in [5.41, 5.74) is 0.708. The van der Waals surface area contributed by atoms with E-state index in [1.807, 2.05) is 0 Å². The number of methoxy groups -OCH3 is 1. The highest BCUT2D eigenvalue weighted by atomic mass is 16.5. The van der Waals surface area contributed by atoms with Gasteiger partial charge in [0.2, 0.25) is 5.88 Å². The van der Waals surface area contributed by atoms with E-state index in [4.69, 9.17) is 9.84 Å². The summed E-state index contributed by atoms with van der Waals surface area (Å²) in [6.07, 6.45) is 0. The molecule has 0 amide bonds. The minimum atomic E-state index is -0.995. The Hall–Kier alpha value is -1.52. The van der Waals surface area contributed by atoms with Gasteiger partial charge in [-0.3, -0.25) is 4.68 Å². The SMILES string of the molecule is COc1nn(C)c(C(=O)O)c1C. The Morgan fingerprint density at radius 3 is 2.50 bits per heavy atom. The molecular formula is C7H10N2O3. The number of carboxylic acids is 1. The zero-order valence-corrected chi connectivity index (χ0v) is 7.16. The lowest BCUT2D eigenvalue weighted by atomic mass is 10.3. The van der Waals surface area contributed by atoms with Gasteiger partial charge in [-0.25, -0.2) is 4.79 Å². The average molecular weight is 170 g/mol. The normalized spacial score (nSPS) is 9.92. The molecule has 0 aromatic carbocycles. The van der Waals surface area contributed by atoms with E-state index in [2.05, 4.69) is 5.10 Å². The first kappa shape index (κ1) is 8.58. The number of aromatic nitrogens is 2. The third-order valence-electron chi connectivity index (χ3n) is 1.64. The fourth-order valence-corrected chi connectivity index (χ4v) is 1.10. The molecule has 0 fully saturated rings. The Balaban J connectivity index is 3.28. The summed E-state index contributed by atoms with van der Waals surface area (Å²) in [5.74, 6) is -0.638. The van der Waals surface area contributed by atoms with Gasteiger partial charge in [0.25, 0.3) is 0 Å². The van der Waals surface area contributed by atoms with Gasteiger partial charge in [-0.05, 0) is 6.92 Å². The van der Waals surface area contributed by atoms with Gasteiger partial charge in [-0.2, -0.15) is 0 Å². The zero-order chi connectivity index (χ0) is 9.30. The van der Waals surface area contributed by atoms with Crippen LogP contribution >= 0.6 is 0 Å². The van der Waals surface area contributed by atoms with Crippen molar-refractivity contribution in [3.05, 3.63) is 11.3 Å². The monoisotopic (exact) mass is 170 g/mol. The Morgan fingerprint density at radius 2 is 2.25 bits per heavy atom. The van der Waals surface area contributed by atoms with Crippen molar-refractivity contribution in [1.82, 2.24) is 9.78 Å². The van der Waals surface area contributed by atoms with Gasteiger partial charge in [-0.15, -0.1) is 5.10 Å². The van der Waals surface area contributed by atoms with Crippen molar-refractivity contribution >= 4 is 5.97 Å². The first-order chi connectivity index (χ1) is 5.57. The van der Waals surface area contributed by atoms with E-state index < -0.39 is 5.97 Å². The molecule has 0 aliphatic carbocycles. The summed E-state index contributed by atoms with van der Waals surface area (Å²) >= 11 is 0. The van der Waals surface area contributed by atoms with Gasteiger partial charge in [0.15, 0.2) is 5.69 Å². The Kier molecular flexibility index (Phi) is 2.03. The van der Waals surface area contributed by atoms with Gasteiger partial charge >= 0.3 is 5.97 Å². The molecule has 1 N–H and O–H groups in total. The van der Waals surface area contributed by atoms with E-state index in [1.54, 1.807) is 14.0 Å². The number of nitrogens with zero attached hydrogens (tertiary/aromatic N) is 2. The molecule has 0 aliphatic rings. The topological polar surface area (TPSA) is 64.4 Å². The van der Waals surface area contributed by atoms with E-state index >= 15 is 0 Å². The van der Waals surface area contributed by atoms with Crippen LogP contribution < -0.4 is 4.74 Å². The molecule has 0 atom stereocenters. The van der Waals surface area contributed by atoms with Crippen molar-refractivity contribution in [3.63, 3.8) is 0 Å². The number of aryl methyl sites for hydroxylation is 1. The van der Waals surface area contributed by atoms with Crippen LogP contribution in [0.5, 0.6) is 5.88 Å². The van der Waals surface area contributed by atoms with Gasteiger partial charge < -0.3 is 9.84 Å². The van der Waals surface area contributed by atoms with E-state index in [9.17, 15) is 4.79 Å². The van der Waals surface area contributed by atoms with Crippen LogP contribution in [0, 0.1) is 6.92 Å². The highest BCUT2D eigenvalue weighted by Gasteiger charge is 2.17. The standard InChI is InChI=1S/C7H10N2O3/c1-4-5(7(10)11)9(2)8-6(4)12-3/h1-3H3,(H,10,11). The maximum absolute atomic E-state index is 10.7. The fourth-order valence-electron chi connectivity index (χ4n) is 1.10. The number of carbonyl (C=O) groups is 1. The van der Waals surface area contributed by atoms with Crippen LogP contribution in [0.25, 0.3) is 0 Å². The fraction of sp³-hybridized carbons (Fsp3) is 0.429. The summed E-state index contributed by atoms with van der Waals surface area (Å²) in [7, 11) is 3.03. The van der Waals surface area contributed by atoms with E-state index in [-0.39, 0.29) is 5.69 Å². The molecule has 0 spiro atoms. The summed E-state index contributed by atoms with van der Waals surface area (Å²) in [4.78, 5) is 10.7. The third kappa shape index (κ3) is 1.13. The molecule has 66 valence electrons. The Bertz CT molecular complexity index is 317. The second-order valence-electron chi connectivity index (χ2n) is 2.41. The smallest absolute Gasteiger partial charge is 0.354 e. The molecule has 0 unspecified atom stereocenters. The molecule has 0 saturated heterocycles. The lowest BCUT2D eigenvalue weighted by Gasteiger charge is -1.94. The molecule has 12 heavy (non-hydrogen) atoms. The molecule has 1 aromatic heterocycles. The number of hydrogen-bond acceptors (Lipinski definition) is 3. The van der Waals surface area contributed by atoms with E-state index in [0.29, 0.717) is 11.4 Å². The van der Waals surface area contributed by atoms with Crippen molar-refractivity contribution in [1.29, 1.82) is 0 Å². The van der Waals surface area contributed by atoms with Crippen LogP contribution in [-0.4, -0.2) is 28.0 Å². The average Bonchev–Trinajstić information content (AvgIpc) is 2.25. The minimum absolute atomic E-state index is 0.159. The highest BCUT2D eigenvalue weighted by molar-refractivity contribution is 5.87. The molecule has 0 aliphatic heterocycles. The van der Waals surface area contributed by atoms with Crippen LogP contribution in [0.2, 0.25) is 0 Å². The molecule has 0 bridgehead atoms. The zero-order valence-electron chi connectivity index (χ0n) is 7.16. The maximum atomic E-state index is 10.7. The minimum Gasteiger partial charge on any atom is -0.480 e. The molecule has 0 saturated carbocycles. The first-order valence-electron chi connectivity index (χ1n) is 3.38. The van der Waals surface area contributed by atoms with Crippen molar-refractivity contribution < 1.29 is 14.6 Å². The second-order valence-corrected chi connectivity index (χ2v) is 2.41. The van der Waals surface area contributed by atoms with Crippen molar-refractivity contribution in [2.45, 2.75) is 6.92 Å². The lowest BCUT2D eigenvalue weighted by molar-refractivity contribution is 0.0684. The van der Waals surface area contributed by atoms with Crippen molar-refractivity contribution in [3.8, 4) is 5.88 Å². The second kappa shape index (κ2) is 2.84. The first-order valence-corrected chi connectivity index (χ1v) is 3.38. The van der Waals surface area contributed by atoms with Crippen molar-refractivity contribution in [2.75, 3.05) is 7.11 Å². The quantitative estimate of drug-likeness (QED) is 0.699. The number of carboxylic acid groups (broad SMARTS) is 1. The maximum Gasteiger partial charge on any atom is 0.354 e. The van der Waals surface area contributed by atoms with Crippen LogP contribution in [0.3, 0.4) is 0 Å². The van der Waals surface area contributed by atoms with E-state index in [0.717, 1.165) is 0 Å². The molecule has 1 rings (SSSR count). The molecular weight excluding hydrogens is 160 g/mol. The molecule has 1 aromatic rings. The number of rotatable bonds is 2. The van der Waals surface area contributed by atoms with Crippen LogP contribution in [0.15, 0.2) is 0 Å². The van der Waals surface area contributed by atoms with Gasteiger partial charge in [-0.1, -0.05) is 0 Å². The number of ether oxygens (including phenoxy) is 1. The highest BCUT2D eigenvalue weighted by Crippen LogP contribution is 2.18. The van der Waals surface area contributed by atoms with Gasteiger partial charge in [0.1, 0.15) is 0 Å². The molecule has 5 heteroatoms. The summed E-state index contributed by atoms with van der Waals surface area (Å²) in [5, 5.41) is 12.6. The largest absolute Gasteiger partial charge is 0.480 e. The van der Waals surface area contributed by atoms with Crippen LogP contribution in [0.4, 0.5) is 0 Å². The Labute approximate surface area is 69.6 Å². The predicted octanol–water partition coefficient (Wildman–Crippen LogP) is 0.435. The third-order valence-corrected chi connectivity index (χ3v) is 1.64. The predicted molar refractivity (Wildman–Crippen MR) is 41.5 cm³/mol. The lowest BCUT2D eigenvalue weighted by Crippen LogP contribution is -2.06. The number of aromatic carboxylic acids is 1. The molecule has 5 nitrogen and oxygen atoms in total. The summed E-state index contributed by atoms with van der Waals surface area (Å²) in [6.45, 7) is 1.66. The molecule has 1 heterocycles. The van der Waals surface area contributed by atoms with Crippen molar-refractivity contribution in [2.24, 2.45) is 7.05 Å². The Morgan fingerprint density at radius 1 is 1.67 bits per heavy atom. The summed E-state index contributed by atoms with van der Waals surface area (Å²) < 4.78 is 6.15. The van der Waals surface area contributed by atoms with Gasteiger partial charge in [0.05, 0.1) is 7.11 Å². The summed E-state index contributed by atoms with van der Waals surface area (Å²) in [6, 6.07) is 0. The molecule has 0 radical (unpaired) electrons. The van der Waals surface area contributed by atoms with Crippen LogP contribution in [-0.2, 0) is 7.05 Å². The van der Waals surface area contributed by atoms with Gasteiger partial charge in [0, 0.05) is 12.6 Å². The van der Waals surface area contributed by atoms with E-state index in [1.165, 1.54) is 11.8 Å². The number of hydrogen-bond donors (Lipinski definition) is 1.